The molecule has 0 aliphatic carbocycles. The lowest BCUT2D eigenvalue weighted by Gasteiger charge is -2.06. The first-order chi connectivity index (χ1) is 10.0. The third-order valence-electron chi connectivity index (χ3n) is 2.82. The summed E-state index contributed by atoms with van der Waals surface area (Å²) in [6, 6.07) is 4.02. The minimum Gasteiger partial charge on any atom is -0.348 e. The van der Waals surface area contributed by atoms with E-state index >= 15 is 0 Å². The van der Waals surface area contributed by atoms with Crippen molar-refractivity contribution in [2.24, 2.45) is 12.9 Å². The van der Waals surface area contributed by atoms with Gasteiger partial charge in [-0.25, -0.2) is 0 Å². The molecule has 0 bridgehead atoms. The Morgan fingerprint density at radius 1 is 1.52 bits per heavy atom. The van der Waals surface area contributed by atoms with Gasteiger partial charge in [0.25, 0.3) is 11.6 Å². The number of hydrogen-bond donors (Lipinski definition) is 3. The Hall–Kier alpha value is -2.94. The molecule has 0 saturated carbocycles. The zero-order chi connectivity index (χ0) is 15.4. The van der Waals surface area contributed by atoms with Gasteiger partial charge in [0.2, 0.25) is 0 Å². The summed E-state index contributed by atoms with van der Waals surface area (Å²) in [6.07, 6.45) is 3.40. The molecule has 0 fully saturated rings. The molecule has 0 aliphatic rings. The standard InChI is InChI=1S/C12H14N6O3/c1-17-7-8(6-15-17)5-14-12(19)9-2-3-10(16-13)11(4-9)18(20)21/h2-4,6-7,16H,5,13H2,1H3,(H,14,19). The number of nitro groups is 1. The average Bonchev–Trinajstić information content (AvgIpc) is 2.89. The highest BCUT2D eigenvalue weighted by Gasteiger charge is 2.16. The number of hydrogen-bond acceptors (Lipinski definition) is 6. The highest BCUT2D eigenvalue weighted by molar-refractivity contribution is 5.95. The molecule has 2 rings (SSSR count). The van der Waals surface area contributed by atoms with E-state index in [2.05, 4.69) is 15.8 Å². The van der Waals surface area contributed by atoms with E-state index < -0.39 is 10.8 Å². The Balaban J connectivity index is 2.12. The Morgan fingerprint density at radius 2 is 2.29 bits per heavy atom. The van der Waals surface area contributed by atoms with E-state index in [1.54, 1.807) is 24.1 Å². The minimum absolute atomic E-state index is 0.142. The number of hydrazine groups is 1. The molecular weight excluding hydrogens is 276 g/mol. The van der Waals surface area contributed by atoms with Crippen molar-refractivity contribution in [1.82, 2.24) is 15.1 Å². The number of nitrogens with two attached hydrogens (primary N) is 1. The van der Waals surface area contributed by atoms with Crippen LogP contribution < -0.4 is 16.6 Å². The summed E-state index contributed by atoms with van der Waals surface area (Å²) < 4.78 is 1.62. The molecule has 0 spiro atoms. The number of rotatable bonds is 5. The van der Waals surface area contributed by atoms with Crippen molar-refractivity contribution in [2.75, 3.05) is 5.43 Å². The second kappa shape index (κ2) is 6.01. The first-order valence-corrected chi connectivity index (χ1v) is 6.02. The van der Waals surface area contributed by atoms with Crippen molar-refractivity contribution in [3.63, 3.8) is 0 Å². The summed E-state index contributed by atoms with van der Waals surface area (Å²) in [4.78, 5) is 22.3. The van der Waals surface area contributed by atoms with Crippen LogP contribution >= 0.6 is 0 Å². The van der Waals surface area contributed by atoms with E-state index in [-0.39, 0.29) is 23.5 Å². The minimum atomic E-state index is -0.604. The third kappa shape index (κ3) is 3.34. The number of aryl methyl sites for hydroxylation is 1. The van der Waals surface area contributed by atoms with Gasteiger partial charge in [0.1, 0.15) is 5.69 Å². The molecule has 2 aromatic rings. The lowest BCUT2D eigenvalue weighted by Crippen LogP contribution is -2.23. The van der Waals surface area contributed by atoms with Gasteiger partial charge in [0.05, 0.1) is 11.1 Å². The maximum Gasteiger partial charge on any atom is 0.294 e. The molecule has 0 unspecified atom stereocenters. The highest BCUT2D eigenvalue weighted by Crippen LogP contribution is 2.24. The molecule has 21 heavy (non-hydrogen) atoms. The van der Waals surface area contributed by atoms with Crippen LogP contribution in [0.1, 0.15) is 15.9 Å². The topological polar surface area (TPSA) is 128 Å². The van der Waals surface area contributed by atoms with Crippen LogP contribution in [0.2, 0.25) is 0 Å². The van der Waals surface area contributed by atoms with Gasteiger partial charge in [0.15, 0.2) is 0 Å². The molecular formula is C12H14N6O3. The van der Waals surface area contributed by atoms with E-state index in [1.165, 1.54) is 18.2 Å². The smallest absolute Gasteiger partial charge is 0.294 e. The van der Waals surface area contributed by atoms with Gasteiger partial charge in [-0.15, -0.1) is 0 Å². The summed E-state index contributed by atoms with van der Waals surface area (Å²) in [5, 5.41) is 17.6. The maximum atomic E-state index is 12.0. The lowest BCUT2D eigenvalue weighted by molar-refractivity contribution is -0.384. The quantitative estimate of drug-likeness (QED) is 0.419. The maximum absolute atomic E-state index is 12.0. The fourth-order valence-corrected chi connectivity index (χ4v) is 1.79. The molecule has 9 nitrogen and oxygen atoms in total. The van der Waals surface area contributed by atoms with Gasteiger partial charge < -0.3 is 10.7 Å². The van der Waals surface area contributed by atoms with Crippen LogP contribution in [0.4, 0.5) is 11.4 Å². The van der Waals surface area contributed by atoms with Crippen molar-refractivity contribution < 1.29 is 9.72 Å². The second-order valence-electron chi connectivity index (χ2n) is 4.34. The summed E-state index contributed by atoms with van der Waals surface area (Å²) in [5.74, 6) is 4.78. The molecule has 0 saturated heterocycles. The van der Waals surface area contributed by atoms with E-state index in [4.69, 9.17) is 5.84 Å². The van der Waals surface area contributed by atoms with Crippen LogP contribution in [0, 0.1) is 10.1 Å². The molecule has 1 aromatic carbocycles. The molecule has 1 heterocycles. The number of aromatic nitrogens is 2. The predicted octanol–water partition coefficient (Wildman–Crippen LogP) is 0.544. The Morgan fingerprint density at radius 3 is 2.86 bits per heavy atom. The van der Waals surface area contributed by atoms with Crippen LogP contribution in [-0.4, -0.2) is 20.6 Å². The zero-order valence-corrected chi connectivity index (χ0v) is 11.2. The third-order valence-corrected chi connectivity index (χ3v) is 2.82. The fraction of sp³-hybridized carbons (Fsp3) is 0.167. The number of amides is 1. The van der Waals surface area contributed by atoms with Crippen LogP contribution in [-0.2, 0) is 13.6 Å². The number of benzene rings is 1. The zero-order valence-electron chi connectivity index (χ0n) is 11.2. The molecule has 9 heteroatoms. The van der Waals surface area contributed by atoms with Crippen molar-refractivity contribution in [3.05, 3.63) is 51.8 Å². The van der Waals surface area contributed by atoms with Gasteiger partial charge in [-0.2, -0.15) is 5.10 Å². The number of carbonyl (C=O) groups is 1. The summed E-state index contributed by atoms with van der Waals surface area (Å²) >= 11 is 0. The number of carbonyl (C=O) groups excluding carboxylic acids is 1. The van der Waals surface area contributed by atoms with Gasteiger partial charge >= 0.3 is 0 Å². The normalized spacial score (nSPS) is 10.2. The number of anilines is 1. The number of nitro benzene ring substituents is 1. The number of nitrogens with one attached hydrogen (secondary N) is 2. The summed E-state index contributed by atoms with van der Waals surface area (Å²) in [7, 11) is 1.77. The van der Waals surface area contributed by atoms with Gasteiger partial charge in [-0.05, 0) is 12.1 Å². The number of nitrogens with zero attached hydrogens (tertiary/aromatic N) is 3. The fourth-order valence-electron chi connectivity index (χ4n) is 1.79. The molecule has 1 aromatic heterocycles. The summed E-state index contributed by atoms with van der Waals surface area (Å²) in [5.41, 5.74) is 3.12. The van der Waals surface area contributed by atoms with Crippen LogP contribution in [0.25, 0.3) is 0 Å². The SMILES string of the molecule is Cn1cc(CNC(=O)c2ccc(NN)c([N+](=O)[O-])c2)cn1. The molecule has 1 amide bonds. The molecule has 0 aliphatic heterocycles. The Labute approximate surface area is 119 Å². The van der Waals surface area contributed by atoms with Crippen LogP contribution in [0.5, 0.6) is 0 Å². The summed E-state index contributed by atoms with van der Waals surface area (Å²) in [6.45, 7) is 0.289. The van der Waals surface area contributed by atoms with E-state index in [0.29, 0.717) is 0 Å². The second-order valence-corrected chi connectivity index (χ2v) is 4.34. The van der Waals surface area contributed by atoms with Crippen LogP contribution in [0.15, 0.2) is 30.6 Å². The van der Waals surface area contributed by atoms with E-state index in [0.717, 1.165) is 5.56 Å². The molecule has 4 N–H and O–H groups in total. The molecule has 110 valence electrons. The van der Waals surface area contributed by atoms with Crippen molar-refractivity contribution in [2.45, 2.75) is 6.54 Å². The van der Waals surface area contributed by atoms with Crippen LogP contribution in [0.3, 0.4) is 0 Å². The predicted molar refractivity (Wildman–Crippen MR) is 75.3 cm³/mol. The van der Waals surface area contributed by atoms with Gasteiger partial charge in [-0.3, -0.25) is 25.4 Å². The highest BCUT2D eigenvalue weighted by atomic mass is 16.6. The van der Waals surface area contributed by atoms with Gasteiger partial charge in [0, 0.05) is 37.0 Å². The van der Waals surface area contributed by atoms with Crippen molar-refractivity contribution >= 4 is 17.3 Å². The Bertz CT molecular complexity index is 681. The Kier molecular flexibility index (Phi) is 4.14. The average molecular weight is 290 g/mol. The first kappa shape index (κ1) is 14.5. The van der Waals surface area contributed by atoms with E-state index in [1.807, 2.05) is 0 Å². The largest absolute Gasteiger partial charge is 0.348 e. The molecule has 0 atom stereocenters. The van der Waals surface area contributed by atoms with Gasteiger partial charge in [-0.1, -0.05) is 0 Å². The first-order valence-electron chi connectivity index (χ1n) is 6.02. The monoisotopic (exact) mass is 290 g/mol. The van der Waals surface area contributed by atoms with Crippen molar-refractivity contribution in [1.29, 1.82) is 0 Å². The lowest BCUT2D eigenvalue weighted by atomic mass is 10.1. The number of nitrogen functional groups attached to an aromatic ring is 1. The molecule has 0 radical (unpaired) electrons. The van der Waals surface area contributed by atoms with Crippen molar-refractivity contribution in [3.8, 4) is 0 Å². The van der Waals surface area contributed by atoms with E-state index in [9.17, 15) is 14.9 Å².